The number of pyridine rings is 1. The van der Waals surface area contributed by atoms with Crippen LogP contribution in [0.1, 0.15) is 15.9 Å². The van der Waals surface area contributed by atoms with Crippen molar-refractivity contribution in [1.29, 1.82) is 0 Å². The minimum absolute atomic E-state index is 0.244. The van der Waals surface area contributed by atoms with Crippen LogP contribution in [0.15, 0.2) is 42.7 Å². The summed E-state index contributed by atoms with van der Waals surface area (Å²) in [6.45, 7) is 1.93. The summed E-state index contributed by atoms with van der Waals surface area (Å²) in [5.74, 6) is -0.950. The van der Waals surface area contributed by atoms with Crippen molar-refractivity contribution < 1.29 is 9.90 Å². The van der Waals surface area contributed by atoms with Gasteiger partial charge in [0.2, 0.25) is 0 Å². The predicted octanol–water partition coefficient (Wildman–Crippen LogP) is 2.83. The third-order valence-corrected chi connectivity index (χ3v) is 2.31. The van der Waals surface area contributed by atoms with Crippen LogP contribution in [0.2, 0.25) is 0 Å². The van der Waals surface area contributed by atoms with Gasteiger partial charge in [0.15, 0.2) is 0 Å². The minimum Gasteiger partial charge on any atom is -0.478 e. The Bertz CT molecular complexity index is 553. The average Bonchev–Trinajstić information content (AvgIpc) is 2.29. The largest absolute Gasteiger partial charge is 0.478 e. The molecule has 1 aromatic carbocycles. The molecule has 0 saturated heterocycles. The molecular formula is C13H12N2O2. The van der Waals surface area contributed by atoms with Gasteiger partial charge in [0.1, 0.15) is 0 Å². The lowest BCUT2D eigenvalue weighted by Gasteiger charge is -2.09. The number of benzene rings is 1. The van der Waals surface area contributed by atoms with Gasteiger partial charge < -0.3 is 10.4 Å². The zero-order valence-electron chi connectivity index (χ0n) is 9.34. The van der Waals surface area contributed by atoms with Gasteiger partial charge in [-0.2, -0.15) is 0 Å². The van der Waals surface area contributed by atoms with Crippen LogP contribution in [0.4, 0.5) is 11.4 Å². The topological polar surface area (TPSA) is 62.2 Å². The molecule has 2 N–H and O–H groups in total. The molecule has 4 heteroatoms. The fourth-order valence-electron chi connectivity index (χ4n) is 1.56. The molecule has 1 heterocycles. The van der Waals surface area contributed by atoms with Gasteiger partial charge >= 0.3 is 5.97 Å². The number of carbonyl (C=O) groups is 1. The number of carboxylic acids is 1. The Kier molecular flexibility index (Phi) is 3.05. The lowest BCUT2D eigenvalue weighted by Crippen LogP contribution is -2.02. The van der Waals surface area contributed by atoms with Gasteiger partial charge in [-0.15, -0.1) is 0 Å². The first-order chi connectivity index (χ1) is 8.16. The lowest BCUT2D eigenvalue weighted by atomic mass is 10.1. The highest BCUT2D eigenvalue weighted by molar-refractivity contribution is 5.95. The average molecular weight is 228 g/mol. The van der Waals surface area contributed by atoms with E-state index in [4.69, 9.17) is 5.11 Å². The molecule has 0 fully saturated rings. The van der Waals surface area contributed by atoms with Crippen molar-refractivity contribution in [2.75, 3.05) is 5.32 Å². The predicted molar refractivity (Wildman–Crippen MR) is 65.7 cm³/mol. The number of anilines is 2. The van der Waals surface area contributed by atoms with Crippen LogP contribution >= 0.6 is 0 Å². The molecule has 2 aromatic rings. The number of nitrogens with one attached hydrogen (secondary N) is 1. The number of aryl methyl sites for hydroxylation is 1. The molecule has 0 amide bonds. The summed E-state index contributed by atoms with van der Waals surface area (Å²) in [5.41, 5.74) is 2.60. The first-order valence-corrected chi connectivity index (χ1v) is 5.18. The molecule has 2 rings (SSSR count). The molecule has 4 nitrogen and oxygen atoms in total. The number of rotatable bonds is 3. The summed E-state index contributed by atoms with van der Waals surface area (Å²) in [5, 5.41) is 12.1. The van der Waals surface area contributed by atoms with Gasteiger partial charge in [-0.05, 0) is 30.7 Å². The molecule has 0 aliphatic heterocycles. The third-order valence-electron chi connectivity index (χ3n) is 2.31. The SMILES string of the molecule is Cc1cncc(Nc2ccccc2C(=O)O)c1. The number of nitrogens with zero attached hydrogens (tertiary/aromatic N) is 1. The number of para-hydroxylation sites is 1. The van der Waals surface area contributed by atoms with E-state index in [1.54, 1.807) is 36.7 Å². The van der Waals surface area contributed by atoms with E-state index in [2.05, 4.69) is 10.3 Å². The second-order valence-corrected chi connectivity index (χ2v) is 3.73. The van der Waals surface area contributed by atoms with Crippen molar-refractivity contribution in [2.24, 2.45) is 0 Å². The van der Waals surface area contributed by atoms with Crippen LogP contribution < -0.4 is 5.32 Å². The van der Waals surface area contributed by atoms with E-state index in [9.17, 15) is 4.79 Å². The Morgan fingerprint density at radius 2 is 2.06 bits per heavy atom. The normalized spacial score (nSPS) is 9.94. The van der Waals surface area contributed by atoms with Gasteiger partial charge in [0.25, 0.3) is 0 Å². The molecule has 0 aliphatic rings. The van der Waals surface area contributed by atoms with Crippen LogP contribution in [-0.4, -0.2) is 16.1 Å². The highest BCUT2D eigenvalue weighted by Crippen LogP contribution is 2.20. The fraction of sp³-hybridized carbons (Fsp3) is 0.0769. The number of carboxylic acid groups (broad SMARTS) is 1. The van der Waals surface area contributed by atoms with E-state index in [1.807, 2.05) is 13.0 Å². The Morgan fingerprint density at radius 3 is 2.76 bits per heavy atom. The van der Waals surface area contributed by atoms with Crippen molar-refractivity contribution >= 4 is 17.3 Å². The van der Waals surface area contributed by atoms with Crippen LogP contribution in [0, 0.1) is 6.92 Å². The number of aromatic nitrogens is 1. The summed E-state index contributed by atoms with van der Waals surface area (Å²) >= 11 is 0. The van der Waals surface area contributed by atoms with Gasteiger partial charge in [0, 0.05) is 6.20 Å². The molecule has 17 heavy (non-hydrogen) atoms. The fourth-order valence-corrected chi connectivity index (χ4v) is 1.56. The number of hydrogen-bond acceptors (Lipinski definition) is 3. The molecule has 0 atom stereocenters. The maximum atomic E-state index is 11.0. The first kappa shape index (κ1) is 11.1. The van der Waals surface area contributed by atoms with Gasteiger partial charge in [-0.25, -0.2) is 4.79 Å². The van der Waals surface area contributed by atoms with Crippen LogP contribution in [-0.2, 0) is 0 Å². The summed E-state index contributed by atoms with van der Waals surface area (Å²) in [7, 11) is 0. The van der Waals surface area contributed by atoms with Crippen molar-refractivity contribution in [3.63, 3.8) is 0 Å². The molecular weight excluding hydrogens is 216 g/mol. The molecule has 0 radical (unpaired) electrons. The lowest BCUT2D eigenvalue weighted by molar-refractivity contribution is 0.0698. The van der Waals surface area contributed by atoms with E-state index in [0.717, 1.165) is 11.3 Å². The summed E-state index contributed by atoms with van der Waals surface area (Å²) < 4.78 is 0. The molecule has 0 saturated carbocycles. The number of aromatic carboxylic acids is 1. The van der Waals surface area contributed by atoms with Gasteiger partial charge in [0.05, 0.1) is 23.1 Å². The summed E-state index contributed by atoms with van der Waals surface area (Å²) in [6, 6.07) is 8.69. The highest BCUT2D eigenvalue weighted by Gasteiger charge is 2.08. The van der Waals surface area contributed by atoms with Crippen LogP contribution in [0.3, 0.4) is 0 Å². The second kappa shape index (κ2) is 4.65. The van der Waals surface area contributed by atoms with E-state index in [0.29, 0.717) is 5.69 Å². The van der Waals surface area contributed by atoms with Crippen LogP contribution in [0.5, 0.6) is 0 Å². The van der Waals surface area contributed by atoms with E-state index in [1.165, 1.54) is 0 Å². The van der Waals surface area contributed by atoms with E-state index < -0.39 is 5.97 Å². The molecule has 0 aliphatic carbocycles. The monoisotopic (exact) mass is 228 g/mol. The second-order valence-electron chi connectivity index (χ2n) is 3.73. The van der Waals surface area contributed by atoms with Gasteiger partial charge in [-0.3, -0.25) is 4.98 Å². The smallest absolute Gasteiger partial charge is 0.337 e. The Balaban J connectivity index is 2.33. The Morgan fingerprint density at radius 1 is 1.29 bits per heavy atom. The Labute approximate surface area is 98.9 Å². The Hall–Kier alpha value is -2.36. The van der Waals surface area contributed by atoms with Crippen molar-refractivity contribution in [1.82, 2.24) is 4.98 Å². The maximum absolute atomic E-state index is 11.0. The zero-order chi connectivity index (χ0) is 12.3. The number of hydrogen-bond donors (Lipinski definition) is 2. The molecule has 0 bridgehead atoms. The van der Waals surface area contributed by atoms with Crippen molar-refractivity contribution in [3.05, 3.63) is 53.9 Å². The van der Waals surface area contributed by atoms with Crippen LogP contribution in [0.25, 0.3) is 0 Å². The quantitative estimate of drug-likeness (QED) is 0.847. The highest BCUT2D eigenvalue weighted by atomic mass is 16.4. The zero-order valence-corrected chi connectivity index (χ0v) is 9.34. The van der Waals surface area contributed by atoms with Crippen molar-refractivity contribution in [3.8, 4) is 0 Å². The van der Waals surface area contributed by atoms with Gasteiger partial charge in [-0.1, -0.05) is 12.1 Å². The summed E-state index contributed by atoms with van der Waals surface area (Å²) in [4.78, 5) is 15.1. The van der Waals surface area contributed by atoms with E-state index in [-0.39, 0.29) is 5.56 Å². The van der Waals surface area contributed by atoms with Crippen molar-refractivity contribution in [2.45, 2.75) is 6.92 Å². The molecule has 1 aromatic heterocycles. The minimum atomic E-state index is -0.950. The molecule has 0 spiro atoms. The molecule has 86 valence electrons. The maximum Gasteiger partial charge on any atom is 0.337 e. The van der Waals surface area contributed by atoms with E-state index >= 15 is 0 Å². The first-order valence-electron chi connectivity index (χ1n) is 5.18. The standard InChI is InChI=1S/C13H12N2O2/c1-9-6-10(8-14-7-9)15-12-5-3-2-4-11(12)13(16)17/h2-8,15H,1H3,(H,16,17). The summed E-state index contributed by atoms with van der Waals surface area (Å²) in [6.07, 6.45) is 3.40. The molecule has 0 unspecified atom stereocenters. The third kappa shape index (κ3) is 2.60.